The number of nitrogens with zero attached hydrogens (tertiary/aromatic N) is 3. The quantitative estimate of drug-likeness (QED) is 0.623. The van der Waals surface area contributed by atoms with E-state index in [1.54, 1.807) is 0 Å². The van der Waals surface area contributed by atoms with Crippen LogP contribution in [-0.4, -0.2) is 19.6 Å². The number of fused-ring (bicyclic) bond motifs is 1. The van der Waals surface area contributed by atoms with Crippen LogP contribution in [0.5, 0.6) is 0 Å². The molecule has 62 valence electrons. The third kappa shape index (κ3) is 0.937. The number of H-pyrrole nitrogens is 1. The summed E-state index contributed by atoms with van der Waals surface area (Å²) < 4.78 is 2.40. The molecule has 0 radical (unpaired) electrons. The summed E-state index contributed by atoms with van der Waals surface area (Å²) in [5, 5.41) is 6.77. The lowest BCUT2D eigenvalue weighted by molar-refractivity contribution is 0.944. The van der Waals surface area contributed by atoms with Crippen LogP contribution in [0.25, 0.3) is 5.65 Å². The van der Waals surface area contributed by atoms with Gasteiger partial charge in [-0.05, 0) is 26.1 Å². The van der Waals surface area contributed by atoms with Crippen molar-refractivity contribution in [3.05, 3.63) is 22.4 Å². The van der Waals surface area contributed by atoms with E-state index in [1.807, 2.05) is 24.3 Å². The standard InChI is InChI=1S/C7H8N4S/c1-4-3-6-9-10-7(12)11(6)5(2)8-4/h3H,1-2H3,(H,10,12). The fourth-order valence-corrected chi connectivity index (χ4v) is 1.51. The Balaban J connectivity index is 3.03. The van der Waals surface area contributed by atoms with Gasteiger partial charge in [-0.25, -0.2) is 4.98 Å². The minimum atomic E-state index is 0.593. The van der Waals surface area contributed by atoms with Gasteiger partial charge in [-0.3, -0.25) is 9.50 Å². The molecule has 0 saturated heterocycles. The van der Waals surface area contributed by atoms with Crippen molar-refractivity contribution in [2.75, 3.05) is 0 Å². The molecule has 0 aliphatic rings. The maximum absolute atomic E-state index is 5.02. The van der Waals surface area contributed by atoms with Crippen molar-refractivity contribution in [3.63, 3.8) is 0 Å². The molecule has 0 unspecified atom stereocenters. The van der Waals surface area contributed by atoms with Gasteiger partial charge in [0.15, 0.2) is 5.65 Å². The molecule has 0 atom stereocenters. The summed E-state index contributed by atoms with van der Waals surface area (Å²) in [6.45, 7) is 3.84. The third-order valence-corrected chi connectivity index (χ3v) is 1.97. The molecule has 1 N–H and O–H groups in total. The molecule has 0 aliphatic carbocycles. The van der Waals surface area contributed by atoms with Crippen molar-refractivity contribution in [3.8, 4) is 0 Å². The largest absolute Gasteiger partial charge is 0.256 e. The molecular formula is C7H8N4S. The van der Waals surface area contributed by atoms with E-state index in [0.29, 0.717) is 4.77 Å². The second-order valence-electron chi connectivity index (χ2n) is 2.67. The molecule has 0 amide bonds. The van der Waals surface area contributed by atoms with E-state index < -0.39 is 0 Å². The monoisotopic (exact) mass is 180 g/mol. The number of nitrogens with one attached hydrogen (secondary N) is 1. The lowest BCUT2D eigenvalue weighted by Crippen LogP contribution is -1.96. The van der Waals surface area contributed by atoms with Gasteiger partial charge in [-0.1, -0.05) is 0 Å². The van der Waals surface area contributed by atoms with Crippen molar-refractivity contribution < 1.29 is 0 Å². The number of aryl methyl sites for hydroxylation is 2. The lowest BCUT2D eigenvalue weighted by atomic mass is 10.4. The van der Waals surface area contributed by atoms with Gasteiger partial charge in [0.25, 0.3) is 0 Å². The summed E-state index contributed by atoms with van der Waals surface area (Å²) in [6.07, 6.45) is 0. The van der Waals surface area contributed by atoms with E-state index in [2.05, 4.69) is 15.2 Å². The van der Waals surface area contributed by atoms with Gasteiger partial charge >= 0.3 is 0 Å². The summed E-state index contributed by atoms with van der Waals surface area (Å²) in [7, 11) is 0. The summed E-state index contributed by atoms with van der Waals surface area (Å²) in [5.74, 6) is 0.865. The number of hydrogen-bond acceptors (Lipinski definition) is 3. The molecule has 0 spiro atoms. The van der Waals surface area contributed by atoms with Crippen molar-refractivity contribution in [1.82, 2.24) is 19.6 Å². The first kappa shape index (κ1) is 7.42. The minimum Gasteiger partial charge on any atom is -0.256 e. The fraction of sp³-hybridized carbons (Fsp3) is 0.286. The maximum atomic E-state index is 5.02. The molecule has 5 heteroatoms. The first-order chi connectivity index (χ1) is 5.68. The highest BCUT2D eigenvalue weighted by Gasteiger charge is 2.01. The SMILES string of the molecule is Cc1cc2n[nH]c(=S)n2c(C)n1. The van der Waals surface area contributed by atoms with Crippen LogP contribution in [0, 0.1) is 18.6 Å². The number of aromatic amines is 1. The molecule has 0 saturated carbocycles. The predicted molar refractivity (Wildman–Crippen MR) is 47.6 cm³/mol. The van der Waals surface area contributed by atoms with Crippen LogP contribution in [-0.2, 0) is 0 Å². The topological polar surface area (TPSA) is 46.0 Å². The minimum absolute atomic E-state index is 0.593. The van der Waals surface area contributed by atoms with Crippen LogP contribution in [0.15, 0.2) is 6.07 Å². The third-order valence-electron chi connectivity index (χ3n) is 1.70. The smallest absolute Gasteiger partial charge is 0.201 e. The van der Waals surface area contributed by atoms with E-state index in [0.717, 1.165) is 17.2 Å². The Morgan fingerprint density at radius 2 is 2.25 bits per heavy atom. The molecule has 0 aliphatic heterocycles. The van der Waals surface area contributed by atoms with Gasteiger partial charge in [0.05, 0.1) is 0 Å². The summed E-state index contributed by atoms with van der Waals surface area (Å²) in [5.41, 5.74) is 1.78. The van der Waals surface area contributed by atoms with Gasteiger partial charge in [-0.2, -0.15) is 5.10 Å². The van der Waals surface area contributed by atoms with Crippen molar-refractivity contribution >= 4 is 17.9 Å². The highest BCUT2D eigenvalue weighted by atomic mass is 32.1. The first-order valence-electron chi connectivity index (χ1n) is 3.60. The van der Waals surface area contributed by atoms with E-state index >= 15 is 0 Å². The first-order valence-corrected chi connectivity index (χ1v) is 4.00. The summed E-state index contributed by atoms with van der Waals surface area (Å²) >= 11 is 5.02. The summed E-state index contributed by atoms with van der Waals surface area (Å²) in [4.78, 5) is 4.27. The second-order valence-corrected chi connectivity index (χ2v) is 3.05. The fourth-order valence-electron chi connectivity index (χ4n) is 1.24. The van der Waals surface area contributed by atoms with Crippen molar-refractivity contribution in [2.45, 2.75) is 13.8 Å². The van der Waals surface area contributed by atoms with Crippen LogP contribution in [0.4, 0.5) is 0 Å². The second kappa shape index (κ2) is 2.38. The Kier molecular flexibility index (Phi) is 1.47. The number of hydrogen-bond donors (Lipinski definition) is 1. The predicted octanol–water partition coefficient (Wildman–Crippen LogP) is 1.40. The van der Waals surface area contributed by atoms with Crippen LogP contribution in [0.1, 0.15) is 11.5 Å². The highest BCUT2D eigenvalue weighted by Crippen LogP contribution is 2.04. The molecule has 2 heterocycles. The Bertz CT molecular complexity index is 482. The van der Waals surface area contributed by atoms with E-state index in [1.165, 1.54) is 0 Å². The van der Waals surface area contributed by atoms with Crippen molar-refractivity contribution in [2.24, 2.45) is 0 Å². The molecule has 0 bridgehead atoms. The van der Waals surface area contributed by atoms with Crippen LogP contribution < -0.4 is 0 Å². The normalized spacial score (nSPS) is 10.8. The average molecular weight is 180 g/mol. The van der Waals surface area contributed by atoms with E-state index in [4.69, 9.17) is 12.2 Å². The molecule has 0 aromatic carbocycles. The molecule has 2 rings (SSSR count). The molecule has 12 heavy (non-hydrogen) atoms. The van der Waals surface area contributed by atoms with Gasteiger partial charge in [0.1, 0.15) is 5.82 Å². The zero-order chi connectivity index (χ0) is 8.72. The zero-order valence-electron chi connectivity index (χ0n) is 6.83. The van der Waals surface area contributed by atoms with Gasteiger partial charge < -0.3 is 0 Å². The molecule has 2 aromatic heterocycles. The Hall–Kier alpha value is -1.23. The molecule has 4 nitrogen and oxygen atoms in total. The molecule has 2 aromatic rings. The summed E-state index contributed by atoms with van der Waals surface area (Å²) in [6, 6.07) is 1.89. The van der Waals surface area contributed by atoms with E-state index in [9.17, 15) is 0 Å². The highest BCUT2D eigenvalue weighted by molar-refractivity contribution is 7.71. The Labute approximate surface area is 74.3 Å². The van der Waals surface area contributed by atoms with Crippen LogP contribution >= 0.6 is 12.2 Å². The number of rotatable bonds is 0. The Morgan fingerprint density at radius 1 is 1.50 bits per heavy atom. The molecular weight excluding hydrogens is 172 g/mol. The van der Waals surface area contributed by atoms with Gasteiger partial charge in [0.2, 0.25) is 4.77 Å². The van der Waals surface area contributed by atoms with Crippen molar-refractivity contribution in [1.29, 1.82) is 0 Å². The van der Waals surface area contributed by atoms with Gasteiger partial charge in [0, 0.05) is 11.8 Å². The van der Waals surface area contributed by atoms with Crippen LogP contribution in [0.2, 0.25) is 0 Å². The Morgan fingerprint density at radius 3 is 3.00 bits per heavy atom. The molecule has 0 fully saturated rings. The van der Waals surface area contributed by atoms with E-state index in [-0.39, 0.29) is 0 Å². The van der Waals surface area contributed by atoms with Gasteiger partial charge in [-0.15, -0.1) is 0 Å². The average Bonchev–Trinajstić information content (AvgIpc) is 2.31. The number of aromatic nitrogens is 4. The lowest BCUT2D eigenvalue weighted by Gasteiger charge is -1.98. The maximum Gasteiger partial charge on any atom is 0.201 e. The zero-order valence-corrected chi connectivity index (χ0v) is 7.64. The van der Waals surface area contributed by atoms with Crippen LogP contribution in [0.3, 0.4) is 0 Å².